The van der Waals surface area contributed by atoms with Crippen molar-refractivity contribution in [2.24, 2.45) is 5.92 Å². The molecule has 2 aromatic heterocycles. The standard InChI is InChI=1S/C21H22N4O.C6H14/c1-3-26-21-17(10-7-11-23-21)19-12-18(15(2)20(13-22)25-19)24-14-16-8-5-4-6-9-16;1-4-5-6(2)3/h4-13,22H,3,14H2,1-2H3,(H,24,25);6H,4-5H2,1-3H3. The van der Waals surface area contributed by atoms with Gasteiger partial charge in [-0.1, -0.05) is 63.9 Å². The Balaban J connectivity index is 0.000000534. The fourth-order valence-corrected chi connectivity index (χ4v) is 3.30. The molecular formula is C27H36N4O. The number of hydrogen-bond donors (Lipinski definition) is 2. The zero-order valence-electron chi connectivity index (χ0n) is 20.0. The maximum Gasteiger partial charge on any atom is 0.222 e. The van der Waals surface area contributed by atoms with E-state index in [0.29, 0.717) is 24.7 Å². The van der Waals surface area contributed by atoms with E-state index < -0.39 is 0 Å². The molecule has 170 valence electrons. The zero-order valence-corrected chi connectivity index (χ0v) is 20.0. The van der Waals surface area contributed by atoms with E-state index in [1.807, 2.05) is 50.2 Å². The number of nitrogens with one attached hydrogen (secondary N) is 2. The Bertz CT molecular complexity index is 971. The fraction of sp³-hybridized carbons (Fsp3) is 0.370. The molecule has 1 aromatic carbocycles. The summed E-state index contributed by atoms with van der Waals surface area (Å²) in [4.78, 5) is 8.92. The van der Waals surface area contributed by atoms with Crippen molar-refractivity contribution < 1.29 is 4.74 Å². The summed E-state index contributed by atoms with van der Waals surface area (Å²) in [6.45, 7) is 11.9. The fourth-order valence-electron chi connectivity index (χ4n) is 3.30. The molecule has 0 unspecified atom stereocenters. The predicted octanol–water partition coefficient (Wildman–Crippen LogP) is 6.90. The highest BCUT2D eigenvalue weighted by atomic mass is 16.5. The van der Waals surface area contributed by atoms with Gasteiger partial charge in [0.05, 0.1) is 23.6 Å². The van der Waals surface area contributed by atoms with Crippen molar-refractivity contribution in [3.05, 3.63) is 71.5 Å². The molecule has 5 heteroatoms. The minimum Gasteiger partial charge on any atom is -0.477 e. The molecule has 0 aliphatic rings. The van der Waals surface area contributed by atoms with E-state index in [-0.39, 0.29) is 0 Å². The first kappa shape index (κ1) is 25.1. The lowest BCUT2D eigenvalue weighted by Crippen LogP contribution is -2.06. The minimum atomic E-state index is 0.534. The molecule has 0 aliphatic heterocycles. The second kappa shape index (κ2) is 13.3. The van der Waals surface area contributed by atoms with Crippen molar-refractivity contribution in [2.75, 3.05) is 11.9 Å². The van der Waals surface area contributed by atoms with Crippen LogP contribution in [-0.4, -0.2) is 22.8 Å². The summed E-state index contributed by atoms with van der Waals surface area (Å²) >= 11 is 0. The van der Waals surface area contributed by atoms with Crippen molar-refractivity contribution in [2.45, 2.75) is 54.0 Å². The minimum absolute atomic E-state index is 0.534. The van der Waals surface area contributed by atoms with Crippen LogP contribution in [0, 0.1) is 18.3 Å². The first-order valence-corrected chi connectivity index (χ1v) is 11.4. The average Bonchev–Trinajstić information content (AvgIpc) is 2.80. The van der Waals surface area contributed by atoms with Crippen LogP contribution < -0.4 is 10.1 Å². The van der Waals surface area contributed by atoms with E-state index in [1.165, 1.54) is 24.6 Å². The smallest absolute Gasteiger partial charge is 0.222 e. The van der Waals surface area contributed by atoms with E-state index in [9.17, 15) is 0 Å². The molecule has 0 spiro atoms. The molecule has 0 radical (unpaired) electrons. The lowest BCUT2D eigenvalue weighted by Gasteiger charge is -2.15. The van der Waals surface area contributed by atoms with Crippen LogP contribution in [0.15, 0.2) is 54.7 Å². The number of anilines is 1. The molecule has 2 heterocycles. The molecule has 0 saturated heterocycles. The average molecular weight is 433 g/mol. The number of benzene rings is 1. The predicted molar refractivity (Wildman–Crippen MR) is 135 cm³/mol. The first-order chi connectivity index (χ1) is 15.5. The van der Waals surface area contributed by atoms with Crippen LogP contribution in [-0.2, 0) is 6.54 Å². The largest absolute Gasteiger partial charge is 0.477 e. The highest BCUT2D eigenvalue weighted by molar-refractivity contribution is 5.83. The van der Waals surface area contributed by atoms with Gasteiger partial charge in [-0.25, -0.2) is 9.97 Å². The molecule has 0 amide bonds. The van der Waals surface area contributed by atoms with Gasteiger partial charge in [-0.3, -0.25) is 0 Å². The van der Waals surface area contributed by atoms with Gasteiger partial charge in [0.15, 0.2) is 0 Å². The van der Waals surface area contributed by atoms with Crippen LogP contribution in [0.3, 0.4) is 0 Å². The van der Waals surface area contributed by atoms with Crippen LogP contribution in [0.5, 0.6) is 5.88 Å². The number of ether oxygens (including phenoxy) is 1. The number of aromatic nitrogens is 2. The van der Waals surface area contributed by atoms with Crippen molar-refractivity contribution in [3.63, 3.8) is 0 Å². The Labute approximate surface area is 192 Å². The van der Waals surface area contributed by atoms with E-state index in [2.05, 4.69) is 48.2 Å². The second-order valence-electron chi connectivity index (χ2n) is 8.02. The Morgan fingerprint density at radius 2 is 1.84 bits per heavy atom. The summed E-state index contributed by atoms with van der Waals surface area (Å²) in [5.74, 6) is 1.45. The monoisotopic (exact) mass is 432 g/mol. The Morgan fingerprint density at radius 3 is 2.44 bits per heavy atom. The van der Waals surface area contributed by atoms with Gasteiger partial charge in [0, 0.05) is 24.6 Å². The summed E-state index contributed by atoms with van der Waals surface area (Å²) in [6.07, 6.45) is 5.69. The quantitative estimate of drug-likeness (QED) is 0.361. The molecule has 3 aromatic rings. The van der Waals surface area contributed by atoms with E-state index in [0.717, 1.165) is 28.4 Å². The van der Waals surface area contributed by atoms with Crippen LogP contribution in [0.1, 0.15) is 57.4 Å². The Kier molecular flexibility index (Phi) is 10.4. The van der Waals surface area contributed by atoms with Crippen molar-refractivity contribution in [1.29, 1.82) is 5.41 Å². The molecule has 0 fully saturated rings. The summed E-state index contributed by atoms with van der Waals surface area (Å²) < 4.78 is 5.64. The maximum absolute atomic E-state index is 7.71. The number of hydrogen-bond acceptors (Lipinski definition) is 5. The number of nitrogens with zero attached hydrogens (tertiary/aromatic N) is 2. The lowest BCUT2D eigenvalue weighted by atomic mass is 10.1. The topological polar surface area (TPSA) is 70.9 Å². The van der Waals surface area contributed by atoms with Crippen LogP contribution in [0.2, 0.25) is 0 Å². The number of rotatable bonds is 9. The molecular weight excluding hydrogens is 396 g/mol. The van der Waals surface area contributed by atoms with Gasteiger partial charge in [-0.05, 0) is 49.1 Å². The summed E-state index contributed by atoms with van der Waals surface area (Å²) in [6, 6.07) is 16.0. The lowest BCUT2D eigenvalue weighted by molar-refractivity contribution is 0.328. The van der Waals surface area contributed by atoms with Crippen molar-refractivity contribution in [1.82, 2.24) is 9.97 Å². The molecule has 0 atom stereocenters. The third-order valence-corrected chi connectivity index (χ3v) is 4.97. The molecule has 0 saturated carbocycles. The molecule has 3 rings (SSSR count). The molecule has 0 bridgehead atoms. The number of pyridine rings is 2. The van der Waals surface area contributed by atoms with E-state index >= 15 is 0 Å². The maximum atomic E-state index is 7.71. The van der Waals surface area contributed by atoms with Gasteiger partial charge in [0.25, 0.3) is 0 Å². The SMILES string of the molecule is CCCC(C)C.CCOc1ncccc1-c1cc(NCc2ccccc2)c(C)c(C=N)n1. The highest BCUT2D eigenvalue weighted by Gasteiger charge is 2.13. The second-order valence-corrected chi connectivity index (χ2v) is 8.02. The highest BCUT2D eigenvalue weighted by Crippen LogP contribution is 2.30. The van der Waals surface area contributed by atoms with Crippen LogP contribution >= 0.6 is 0 Å². The van der Waals surface area contributed by atoms with E-state index in [1.54, 1.807) is 6.20 Å². The van der Waals surface area contributed by atoms with Gasteiger partial charge in [0.1, 0.15) is 0 Å². The van der Waals surface area contributed by atoms with Crippen LogP contribution in [0.4, 0.5) is 5.69 Å². The molecule has 32 heavy (non-hydrogen) atoms. The van der Waals surface area contributed by atoms with E-state index in [4.69, 9.17) is 10.1 Å². The zero-order chi connectivity index (χ0) is 23.3. The van der Waals surface area contributed by atoms with Gasteiger partial charge < -0.3 is 15.5 Å². The van der Waals surface area contributed by atoms with Gasteiger partial charge >= 0.3 is 0 Å². The normalized spacial score (nSPS) is 10.3. The molecule has 0 aliphatic carbocycles. The molecule has 2 N–H and O–H groups in total. The van der Waals surface area contributed by atoms with Gasteiger partial charge in [-0.15, -0.1) is 0 Å². The molecule has 5 nitrogen and oxygen atoms in total. The Hall–Kier alpha value is -3.21. The third kappa shape index (κ3) is 7.49. The van der Waals surface area contributed by atoms with Gasteiger partial charge in [-0.2, -0.15) is 0 Å². The summed E-state index contributed by atoms with van der Waals surface area (Å²) in [5.41, 5.74) is 5.27. The van der Waals surface area contributed by atoms with Gasteiger partial charge in [0.2, 0.25) is 5.88 Å². The summed E-state index contributed by atoms with van der Waals surface area (Å²) in [7, 11) is 0. The Morgan fingerprint density at radius 1 is 1.09 bits per heavy atom. The summed E-state index contributed by atoms with van der Waals surface area (Å²) in [5, 5.41) is 11.2. The van der Waals surface area contributed by atoms with Crippen LogP contribution in [0.25, 0.3) is 11.3 Å². The third-order valence-electron chi connectivity index (χ3n) is 4.97. The van der Waals surface area contributed by atoms with Crippen molar-refractivity contribution >= 4 is 11.9 Å². The van der Waals surface area contributed by atoms with Crippen molar-refractivity contribution in [3.8, 4) is 17.1 Å². The first-order valence-electron chi connectivity index (χ1n) is 11.4.